The first-order chi connectivity index (χ1) is 10.0. The Morgan fingerprint density at radius 3 is 2.62 bits per heavy atom. The molecule has 1 aliphatic rings. The van der Waals surface area contributed by atoms with Crippen LogP contribution in [0, 0.1) is 5.92 Å². The highest BCUT2D eigenvalue weighted by molar-refractivity contribution is 6.06. The average molecular weight is 289 g/mol. The van der Waals surface area contributed by atoms with E-state index in [4.69, 9.17) is 4.74 Å². The molecular formula is C16H19NO4. The summed E-state index contributed by atoms with van der Waals surface area (Å²) >= 11 is 0. The van der Waals surface area contributed by atoms with Crippen molar-refractivity contribution in [2.75, 3.05) is 6.61 Å². The van der Waals surface area contributed by atoms with Crippen LogP contribution in [0.1, 0.15) is 25.8 Å². The summed E-state index contributed by atoms with van der Waals surface area (Å²) in [5.74, 6) is -1.44. The van der Waals surface area contributed by atoms with Crippen LogP contribution in [0.4, 0.5) is 4.79 Å². The molecule has 1 heterocycles. The van der Waals surface area contributed by atoms with Gasteiger partial charge in [0.1, 0.15) is 12.4 Å². The van der Waals surface area contributed by atoms with Crippen LogP contribution in [-0.4, -0.2) is 35.3 Å². The molecule has 0 saturated carbocycles. The number of hydrogen-bond donors (Lipinski definition) is 0. The van der Waals surface area contributed by atoms with Gasteiger partial charge in [-0.05, 0) is 18.9 Å². The summed E-state index contributed by atoms with van der Waals surface area (Å²) in [7, 11) is 0. The van der Waals surface area contributed by atoms with E-state index in [-0.39, 0.29) is 24.9 Å². The summed E-state index contributed by atoms with van der Waals surface area (Å²) in [4.78, 5) is 36.9. The van der Waals surface area contributed by atoms with Crippen molar-refractivity contribution in [1.82, 2.24) is 4.90 Å². The van der Waals surface area contributed by atoms with Gasteiger partial charge in [0, 0.05) is 6.42 Å². The molecule has 0 spiro atoms. The summed E-state index contributed by atoms with van der Waals surface area (Å²) in [6.45, 7) is 3.42. The normalized spacial score (nSPS) is 19.2. The summed E-state index contributed by atoms with van der Waals surface area (Å²) in [5.41, 5.74) is 1.02. The molecule has 0 aliphatic carbocycles. The summed E-state index contributed by atoms with van der Waals surface area (Å²) in [5, 5.41) is 0. The Balaban J connectivity index is 2.13. The number of benzene rings is 1. The number of nitrogens with zero attached hydrogens (tertiary/aromatic N) is 1. The van der Waals surface area contributed by atoms with Crippen molar-refractivity contribution in [3.63, 3.8) is 0 Å². The maximum atomic E-state index is 12.4. The molecule has 2 rings (SSSR count). The smallest absolute Gasteiger partial charge is 0.417 e. The van der Waals surface area contributed by atoms with Gasteiger partial charge in [0.25, 0.3) is 0 Å². The number of carbonyl (C=O) groups excluding carboxylic acids is 3. The fraction of sp³-hybridized carbons (Fsp3) is 0.438. The second-order valence-electron chi connectivity index (χ2n) is 5.17. The number of Topliss-reactive ketones (excluding diaryl/α,β-unsaturated/α-hetero) is 1. The van der Waals surface area contributed by atoms with Crippen LogP contribution >= 0.6 is 0 Å². The van der Waals surface area contributed by atoms with Gasteiger partial charge >= 0.3 is 6.09 Å². The monoisotopic (exact) mass is 289 g/mol. The number of cyclic esters (lactones) is 1. The van der Waals surface area contributed by atoms with Gasteiger partial charge in [-0.1, -0.05) is 37.3 Å². The van der Waals surface area contributed by atoms with Crippen molar-refractivity contribution in [2.45, 2.75) is 32.7 Å². The molecule has 5 heteroatoms. The number of imide groups is 1. The quantitative estimate of drug-likeness (QED) is 0.779. The van der Waals surface area contributed by atoms with Gasteiger partial charge in [0.15, 0.2) is 0 Å². The fourth-order valence-corrected chi connectivity index (χ4v) is 2.42. The van der Waals surface area contributed by atoms with Crippen molar-refractivity contribution < 1.29 is 19.1 Å². The Morgan fingerprint density at radius 2 is 2.00 bits per heavy atom. The van der Waals surface area contributed by atoms with Crippen LogP contribution < -0.4 is 0 Å². The van der Waals surface area contributed by atoms with Crippen molar-refractivity contribution >= 4 is 17.8 Å². The second-order valence-corrected chi connectivity index (χ2v) is 5.17. The predicted molar refractivity (Wildman–Crippen MR) is 76.6 cm³/mol. The fourth-order valence-electron chi connectivity index (χ4n) is 2.42. The van der Waals surface area contributed by atoms with Crippen molar-refractivity contribution in [3.8, 4) is 0 Å². The van der Waals surface area contributed by atoms with E-state index >= 15 is 0 Å². The van der Waals surface area contributed by atoms with Crippen molar-refractivity contribution in [1.29, 1.82) is 0 Å². The lowest BCUT2D eigenvalue weighted by molar-refractivity contribution is -0.138. The van der Waals surface area contributed by atoms with E-state index in [2.05, 4.69) is 0 Å². The molecule has 0 unspecified atom stereocenters. The molecule has 2 amide bonds. The number of ketones is 1. The van der Waals surface area contributed by atoms with Gasteiger partial charge in [0.05, 0.1) is 12.0 Å². The first kappa shape index (κ1) is 15.2. The average Bonchev–Trinajstić information content (AvgIpc) is 2.86. The minimum absolute atomic E-state index is 0.168. The van der Waals surface area contributed by atoms with Crippen LogP contribution in [0.25, 0.3) is 0 Å². The molecule has 0 N–H and O–H groups in total. The van der Waals surface area contributed by atoms with Crippen LogP contribution in [0.5, 0.6) is 0 Å². The van der Waals surface area contributed by atoms with Gasteiger partial charge in [-0.25, -0.2) is 9.69 Å². The molecule has 2 atom stereocenters. The molecule has 112 valence electrons. The minimum atomic E-state index is -0.807. The van der Waals surface area contributed by atoms with Gasteiger partial charge < -0.3 is 4.74 Å². The Hall–Kier alpha value is -2.17. The first-order valence-corrected chi connectivity index (χ1v) is 7.11. The summed E-state index contributed by atoms with van der Waals surface area (Å²) < 4.78 is 4.99. The Kier molecular flexibility index (Phi) is 4.73. The highest BCUT2D eigenvalue weighted by Crippen LogP contribution is 2.20. The second kappa shape index (κ2) is 6.52. The SMILES string of the molecule is CCC(=O)[C@H](C)C(=O)N1C(=O)OC[C@@H]1Cc1ccccc1. The number of rotatable bonds is 5. The lowest BCUT2D eigenvalue weighted by atomic mass is 10.0. The molecule has 1 aliphatic heterocycles. The third-order valence-corrected chi connectivity index (χ3v) is 3.71. The molecule has 0 aromatic heterocycles. The Morgan fingerprint density at radius 1 is 1.33 bits per heavy atom. The van der Waals surface area contributed by atoms with Gasteiger partial charge in [0.2, 0.25) is 5.91 Å². The molecule has 1 aromatic carbocycles. The molecule has 1 saturated heterocycles. The standard InChI is InChI=1S/C16H19NO4/c1-3-14(18)11(2)15(19)17-13(10-21-16(17)20)9-12-7-5-4-6-8-12/h4-8,11,13H,3,9-10H2,1-2H3/t11-,13-/m0/s1. The first-order valence-electron chi connectivity index (χ1n) is 7.11. The van der Waals surface area contributed by atoms with E-state index < -0.39 is 17.9 Å². The largest absolute Gasteiger partial charge is 0.447 e. The Labute approximate surface area is 123 Å². The number of hydrogen-bond acceptors (Lipinski definition) is 4. The predicted octanol–water partition coefficient (Wildman–Crippen LogP) is 2.19. The van der Waals surface area contributed by atoms with Gasteiger partial charge in [-0.15, -0.1) is 0 Å². The van der Waals surface area contributed by atoms with E-state index in [0.717, 1.165) is 10.5 Å². The maximum absolute atomic E-state index is 12.4. The van der Waals surface area contributed by atoms with Crippen molar-refractivity contribution in [3.05, 3.63) is 35.9 Å². The van der Waals surface area contributed by atoms with E-state index in [0.29, 0.717) is 6.42 Å². The molecule has 1 aromatic rings. The van der Waals surface area contributed by atoms with Crippen LogP contribution in [0.15, 0.2) is 30.3 Å². The molecule has 5 nitrogen and oxygen atoms in total. The Bertz CT molecular complexity index is 540. The molecule has 0 bridgehead atoms. The zero-order chi connectivity index (χ0) is 15.4. The maximum Gasteiger partial charge on any atom is 0.417 e. The number of amides is 2. The molecular weight excluding hydrogens is 270 g/mol. The van der Waals surface area contributed by atoms with Crippen LogP contribution in [-0.2, 0) is 20.7 Å². The zero-order valence-electron chi connectivity index (χ0n) is 12.2. The molecule has 1 fully saturated rings. The summed E-state index contributed by atoms with van der Waals surface area (Å²) in [6, 6.07) is 9.24. The number of carbonyl (C=O) groups is 3. The van der Waals surface area contributed by atoms with Gasteiger partial charge in [-0.2, -0.15) is 0 Å². The van der Waals surface area contributed by atoms with Gasteiger partial charge in [-0.3, -0.25) is 9.59 Å². The van der Waals surface area contributed by atoms with E-state index in [1.165, 1.54) is 0 Å². The van der Waals surface area contributed by atoms with Crippen LogP contribution in [0.3, 0.4) is 0 Å². The summed E-state index contributed by atoms with van der Waals surface area (Å²) in [6.07, 6.45) is 0.154. The van der Waals surface area contributed by atoms with E-state index in [9.17, 15) is 14.4 Å². The minimum Gasteiger partial charge on any atom is -0.447 e. The number of ether oxygens (including phenoxy) is 1. The van der Waals surface area contributed by atoms with E-state index in [1.807, 2.05) is 30.3 Å². The zero-order valence-corrected chi connectivity index (χ0v) is 12.2. The highest BCUT2D eigenvalue weighted by Gasteiger charge is 2.40. The topological polar surface area (TPSA) is 63.7 Å². The van der Waals surface area contributed by atoms with Crippen molar-refractivity contribution in [2.24, 2.45) is 5.92 Å². The highest BCUT2D eigenvalue weighted by atomic mass is 16.6. The third kappa shape index (κ3) is 3.29. The lowest BCUT2D eigenvalue weighted by Crippen LogP contribution is -2.44. The third-order valence-electron chi connectivity index (χ3n) is 3.71. The lowest BCUT2D eigenvalue weighted by Gasteiger charge is -2.22. The van der Waals surface area contributed by atoms with E-state index in [1.54, 1.807) is 13.8 Å². The molecule has 0 radical (unpaired) electrons. The van der Waals surface area contributed by atoms with Crippen LogP contribution in [0.2, 0.25) is 0 Å². The molecule has 21 heavy (non-hydrogen) atoms.